The van der Waals surface area contributed by atoms with Crippen LogP contribution in [0.2, 0.25) is 12.1 Å². The number of rotatable bonds is 6. The van der Waals surface area contributed by atoms with Crippen LogP contribution in [0.15, 0.2) is 36.4 Å². The lowest BCUT2D eigenvalue weighted by molar-refractivity contribution is 0.566. The van der Waals surface area contributed by atoms with E-state index >= 15 is 0 Å². The van der Waals surface area contributed by atoms with Gasteiger partial charge >= 0.3 is 0 Å². The second kappa shape index (κ2) is 7.43. The van der Waals surface area contributed by atoms with Crippen molar-refractivity contribution in [2.24, 2.45) is 0 Å². The zero-order valence-corrected chi connectivity index (χ0v) is 10.5. The van der Waals surface area contributed by atoms with Crippen LogP contribution in [0.5, 0.6) is 0 Å². The maximum Gasteiger partial charge on any atom is 0.176 e. The number of hydrogen-bond acceptors (Lipinski definition) is 1. The molecule has 0 fully saturated rings. The van der Waals surface area contributed by atoms with Gasteiger partial charge in [-0.05, 0) is 17.7 Å². The van der Waals surface area contributed by atoms with Crippen molar-refractivity contribution in [1.29, 1.82) is 0 Å². The number of hydrogen-bond donors (Lipinski definition) is 1. The molecule has 1 atom stereocenters. The van der Waals surface area contributed by atoms with E-state index in [-0.39, 0.29) is 0 Å². The molecule has 1 unspecified atom stereocenters. The Labute approximate surface area is 94.2 Å². The fourth-order valence-electron chi connectivity index (χ4n) is 1.48. The van der Waals surface area contributed by atoms with Crippen LogP contribution in [0.25, 0.3) is 6.08 Å². The van der Waals surface area contributed by atoms with Gasteiger partial charge in [0, 0.05) is 0 Å². The minimum atomic E-state index is -1.45. The first kappa shape index (κ1) is 12.2. The largest absolute Gasteiger partial charge is 0.434 e. The maximum atomic E-state index is 9.75. The van der Waals surface area contributed by atoms with Crippen molar-refractivity contribution in [2.45, 2.75) is 31.9 Å². The van der Waals surface area contributed by atoms with Crippen LogP contribution >= 0.6 is 0 Å². The van der Waals surface area contributed by atoms with Gasteiger partial charge in [0.05, 0.1) is 0 Å². The minimum Gasteiger partial charge on any atom is -0.434 e. The molecule has 0 aliphatic carbocycles. The van der Waals surface area contributed by atoms with Gasteiger partial charge in [-0.25, -0.2) is 0 Å². The van der Waals surface area contributed by atoms with E-state index in [2.05, 4.69) is 31.2 Å². The molecule has 1 nitrogen and oxygen atoms in total. The lowest BCUT2D eigenvalue weighted by Crippen LogP contribution is -2.08. The molecule has 1 aromatic rings. The summed E-state index contributed by atoms with van der Waals surface area (Å²) in [6, 6.07) is 12.2. The van der Waals surface area contributed by atoms with Crippen molar-refractivity contribution >= 4 is 15.1 Å². The summed E-state index contributed by atoms with van der Waals surface area (Å²) in [6.45, 7) is 2.17. The highest BCUT2D eigenvalue weighted by atomic mass is 28.3. The summed E-state index contributed by atoms with van der Waals surface area (Å²) in [6.07, 6.45) is 6.57. The molecule has 82 valence electrons. The van der Waals surface area contributed by atoms with Crippen LogP contribution in [0.4, 0.5) is 0 Å². The van der Waals surface area contributed by atoms with Gasteiger partial charge in [-0.15, -0.1) is 0 Å². The highest BCUT2D eigenvalue weighted by Gasteiger charge is 2.02. The Kier molecular flexibility index (Phi) is 6.05. The SMILES string of the molecule is CCCC[SiH](O)CC=Cc1ccccc1. The summed E-state index contributed by atoms with van der Waals surface area (Å²) in [5, 5.41) is 0. The molecule has 0 aliphatic heterocycles. The monoisotopic (exact) mass is 220 g/mol. The van der Waals surface area contributed by atoms with Gasteiger partial charge in [-0.1, -0.05) is 62.2 Å². The molecule has 0 aliphatic rings. The summed E-state index contributed by atoms with van der Waals surface area (Å²) >= 11 is 0. The second-order valence-corrected chi connectivity index (χ2v) is 6.20. The molecule has 0 saturated heterocycles. The van der Waals surface area contributed by atoms with Crippen molar-refractivity contribution in [3.8, 4) is 0 Å². The smallest absolute Gasteiger partial charge is 0.176 e. The third-order valence-electron chi connectivity index (χ3n) is 2.41. The standard InChI is InChI=1S/C13H20OSi/c1-2-3-11-15(14)12-7-10-13-8-5-4-6-9-13/h4-10,14-15H,2-3,11-12H2,1H3. The van der Waals surface area contributed by atoms with Crippen molar-refractivity contribution < 1.29 is 4.80 Å². The number of unbranched alkanes of at least 4 members (excludes halogenated alkanes) is 1. The van der Waals surface area contributed by atoms with E-state index in [9.17, 15) is 4.80 Å². The summed E-state index contributed by atoms with van der Waals surface area (Å²) in [5.41, 5.74) is 1.22. The first-order valence-electron chi connectivity index (χ1n) is 5.72. The molecule has 1 rings (SSSR count). The van der Waals surface area contributed by atoms with E-state index in [4.69, 9.17) is 0 Å². The molecule has 0 radical (unpaired) electrons. The third-order valence-corrected chi connectivity index (χ3v) is 4.30. The zero-order chi connectivity index (χ0) is 10.9. The lowest BCUT2D eigenvalue weighted by Gasteiger charge is -2.03. The van der Waals surface area contributed by atoms with Crippen LogP contribution in [0.3, 0.4) is 0 Å². The molecule has 2 heteroatoms. The van der Waals surface area contributed by atoms with Gasteiger partial charge in [-0.2, -0.15) is 0 Å². The van der Waals surface area contributed by atoms with Crippen LogP contribution in [-0.2, 0) is 0 Å². The Morgan fingerprint density at radius 1 is 1.27 bits per heavy atom. The minimum absolute atomic E-state index is 0.898. The highest BCUT2D eigenvalue weighted by molar-refractivity contribution is 6.50. The Morgan fingerprint density at radius 3 is 2.67 bits per heavy atom. The lowest BCUT2D eigenvalue weighted by atomic mass is 10.2. The average molecular weight is 220 g/mol. The van der Waals surface area contributed by atoms with Gasteiger partial charge in [0.25, 0.3) is 0 Å². The quantitative estimate of drug-likeness (QED) is 0.730. The van der Waals surface area contributed by atoms with Crippen molar-refractivity contribution in [1.82, 2.24) is 0 Å². The van der Waals surface area contributed by atoms with E-state index in [0.29, 0.717) is 0 Å². The zero-order valence-electron chi connectivity index (χ0n) is 9.39. The highest BCUT2D eigenvalue weighted by Crippen LogP contribution is 2.06. The molecule has 0 saturated carbocycles. The Balaban J connectivity index is 2.27. The van der Waals surface area contributed by atoms with Crippen molar-refractivity contribution in [3.63, 3.8) is 0 Å². The molecular formula is C13H20OSi. The fourth-order valence-corrected chi connectivity index (χ4v) is 3.05. The molecule has 15 heavy (non-hydrogen) atoms. The van der Waals surface area contributed by atoms with E-state index in [1.807, 2.05) is 18.2 Å². The van der Waals surface area contributed by atoms with Crippen LogP contribution < -0.4 is 0 Å². The van der Waals surface area contributed by atoms with E-state index in [1.54, 1.807) is 0 Å². The normalized spacial score (nSPS) is 13.2. The molecule has 0 bridgehead atoms. The maximum absolute atomic E-state index is 9.75. The molecule has 1 aromatic carbocycles. The molecule has 1 N–H and O–H groups in total. The van der Waals surface area contributed by atoms with Crippen LogP contribution in [0.1, 0.15) is 25.3 Å². The summed E-state index contributed by atoms with van der Waals surface area (Å²) in [7, 11) is -1.45. The Bertz CT molecular complexity index is 282. The fraction of sp³-hybridized carbons (Fsp3) is 0.385. The van der Waals surface area contributed by atoms with E-state index < -0.39 is 9.04 Å². The van der Waals surface area contributed by atoms with Crippen LogP contribution in [0, 0.1) is 0 Å². The predicted octanol–water partition coefficient (Wildman–Crippen LogP) is 3.22. The van der Waals surface area contributed by atoms with Crippen LogP contribution in [-0.4, -0.2) is 13.8 Å². The molecular weight excluding hydrogens is 200 g/mol. The average Bonchev–Trinajstić information content (AvgIpc) is 2.28. The number of benzene rings is 1. The predicted molar refractivity (Wildman–Crippen MR) is 69.4 cm³/mol. The Hall–Kier alpha value is -0.863. The summed E-state index contributed by atoms with van der Waals surface area (Å²) in [5.74, 6) is 0. The van der Waals surface area contributed by atoms with Gasteiger partial charge in [0.15, 0.2) is 9.04 Å². The van der Waals surface area contributed by atoms with Gasteiger partial charge in [0.1, 0.15) is 0 Å². The topological polar surface area (TPSA) is 20.2 Å². The third kappa shape index (κ3) is 5.55. The van der Waals surface area contributed by atoms with E-state index in [1.165, 1.54) is 18.4 Å². The molecule has 0 heterocycles. The van der Waals surface area contributed by atoms with Crippen molar-refractivity contribution in [3.05, 3.63) is 42.0 Å². The summed E-state index contributed by atoms with van der Waals surface area (Å²) in [4.78, 5) is 9.75. The second-order valence-electron chi connectivity index (χ2n) is 3.84. The molecule has 0 amide bonds. The summed E-state index contributed by atoms with van der Waals surface area (Å²) < 4.78 is 0. The van der Waals surface area contributed by atoms with E-state index in [0.717, 1.165) is 12.1 Å². The Morgan fingerprint density at radius 2 is 2.00 bits per heavy atom. The van der Waals surface area contributed by atoms with Gasteiger partial charge in [0.2, 0.25) is 0 Å². The van der Waals surface area contributed by atoms with Crippen molar-refractivity contribution in [2.75, 3.05) is 0 Å². The first-order chi connectivity index (χ1) is 7.33. The molecule has 0 spiro atoms. The van der Waals surface area contributed by atoms with Gasteiger partial charge in [-0.3, -0.25) is 0 Å². The number of allylic oxidation sites excluding steroid dienone is 1. The van der Waals surface area contributed by atoms with Gasteiger partial charge < -0.3 is 4.80 Å². The first-order valence-corrected chi connectivity index (χ1v) is 7.87. The molecule has 0 aromatic heterocycles.